The Hall–Kier alpha value is -3.19. The van der Waals surface area contributed by atoms with Crippen LogP contribution in [0.4, 0.5) is 19.0 Å². The smallest absolute Gasteiger partial charge is 0.365 e. The molecule has 8 heteroatoms. The summed E-state index contributed by atoms with van der Waals surface area (Å²) in [6.45, 7) is 0.266. The van der Waals surface area contributed by atoms with E-state index in [4.69, 9.17) is 11.6 Å². The maximum absolute atomic E-state index is 12.7. The van der Waals surface area contributed by atoms with Gasteiger partial charge in [0.05, 0.1) is 5.52 Å². The van der Waals surface area contributed by atoms with E-state index in [0.717, 1.165) is 23.4 Å². The normalized spacial score (nSPS) is 11.6. The predicted octanol–water partition coefficient (Wildman–Crippen LogP) is 6.09. The molecule has 0 amide bonds. The Morgan fingerprint density at radius 1 is 0.871 bits per heavy atom. The van der Waals surface area contributed by atoms with E-state index in [-0.39, 0.29) is 6.54 Å². The first-order valence-electron chi connectivity index (χ1n) is 9.64. The molecule has 2 aromatic carbocycles. The number of aromatic nitrogens is 3. The topological polar surface area (TPSA) is 50.7 Å². The molecule has 0 spiro atoms. The van der Waals surface area contributed by atoms with Gasteiger partial charge in [0.1, 0.15) is 17.3 Å². The lowest BCUT2D eigenvalue weighted by Gasteiger charge is -2.12. The van der Waals surface area contributed by atoms with Crippen molar-refractivity contribution in [3.05, 3.63) is 94.5 Å². The minimum absolute atomic E-state index is 0.266. The van der Waals surface area contributed by atoms with Crippen LogP contribution in [0.1, 0.15) is 22.6 Å². The van der Waals surface area contributed by atoms with E-state index in [0.29, 0.717) is 28.6 Å². The number of hydrogen-bond donors (Lipinski definition) is 1. The van der Waals surface area contributed by atoms with E-state index in [1.54, 1.807) is 12.1 Å². The van der Waals surface area contributed by atoms with Crippen molar-refractivity contribution in [2.24, 2.45) is 0 Å². The number of halogens is 4. The Balaban J connectivity index is 1.56. The number of rotatable bonds is 6. The van der Waals surface area contributed by atoms with Crippen LogP contribution in [-0.4, -0.2) is 15.0 Å². The van der Waals surface area contributed by atoms with Crippen molar-refractivity contribution in [2.45, 2.75) is 25.6 Å². The summed E-state index contributed by atoms with van der Waals surface area (Å²) in [5, 5.41) is 4.49. The molecule has 2 heterocycles. The number of anilines is 1. The third-order valence-corrected chi connectivity index (χ3v) is 4.99. The van der Waals surface area contributed by atoms with Gasteiger partial charge in [0.15, 0.2) is 0 Å². The molecule has 0 aliphatic heterocycles. The van der Waals surface area contributed by atoms with Crippen LogP contribution in [0.5, 0.6) is 0 Å². The highest BCUT2D eigenvalue weighted by Gasteiger charge is 2.31. The van der Waals surface area contributed by atoms with E-state index < -0.39 is 11.9 Å². The summed E-state index contributed by atoms with van der Waals surface area (Å²) in [6.07, 6.45) is -1.80. The summed E-state index contributed by atoms with van der Waals surface area (Å²) in [5.74, 6) is 1.25. The van der Waals surface area contributed by atoms with Crippen molar-refractivity contribution < 1.29 is 13.2 Å². The molecule has 4 aromatic rings. The highest BCUT2D eigenvalue weighted by atomic mass is 35.5. The second kappa shape index (κ2) is 8.89. The number of pyridine rings is 1. The van der Waals surface area contributed by atoms with E-state index in [9.17, 15) is 13.2 Å². The standard InChI is InChI=1S/C23H18ClF3N4/c24-17-8-9-19-18(12-17)22(29-14-16-6-10-20(28-13-16)23(25,26)27)31-21(30-19)11-7-15-4-2-1-3-5-15/h1-6,8-10,12-13H,7,11,14H2,(H,29,30,31). The zero-order chi connectivity index (χ0) is 21.8. The molecule has 0 bridgehead atoms. The zero-order valence-electron chi connectivity index (χ0n) is 16.3. The van der Waals surface area contributed by atoms with Crippen LogP contribution in [0.3, 0.4) is 0 Å². The number of aryl methyl sites for hydroxylation is 2. The van der Waals surface area contributed by atoms with Gasteiger partial charge in [-0.3, -0.25) is 4.98 Å². The summed E-state index contributed by atoms with van der Waals surface area (Å²) in [6, 6.07) is 17.8. The van der Waals surface area contributed by atoms with Gasteiger partial charge in [0, 0.05) is 29.6 Å². The first-order valence-corrected chi connectivity index (χ1v) is 10.0. The Labute approximate surface area is 182 Å². The average molecular weight is 443 g/mol. The van der Waals surface area contributed by atoms with Crippen LogP contribution in [-0.2, 0) is 25.6 Å². The van der Waals surface area contributed by atoms with Crippen LogP contribution in [0.2, 0.25) is 5.02 Å². The molecule has 4 nitrogen and oxygen atoms in total. The highest BCUT2D eigenvalue weighted by molar-refractivity contribution is 6.31. The quantitative estimate of drug-likeness (QED) is 0.392. The Bertz CT molecular complexity index is 1180. The van der Waals surface area contributed by atoms with Crippen LogP contribution in [0.25, 0.3) is 10.9 Å². The summed E-state index contributed by atoms with van der Waals surface area (Å²) in [5.41, 5.74) is 1.62. The minimum Gasteiger partial charge on any atom is -0.365 e. The molecule has 0 unspecified atom stereocenters. The van der Waals surface area contributed by atoms with Crippen molar-refractivity contribution in [3.8, 4) is 0 Å². The Morgan fingerprint density at radius 3 is 2.39 bits per heavy atom. The third kappa shape index (κ3) is 5.30. The van der Waals surface area contributed by atoms with Crippen molar-refractivity contribution in [2.75, 3.05) is 5.32 Å². The first-order chi connectivity index (χ1) is 14.9. The molecule has 0 atom stereocenters. The second-order valence-electron chi connectivity index (χ2n) is 7.04. The largest absolute Gasteiger partial charge is 0.433 e. The van der Waals surface area contributed by atoms with Gasteiger partial charge < -0.3 is 5.32 Å². The molecule has 4 rings (SSSR count). The van der Waals surface area contributed by atoms with Gasteiger partial charge in [-0.25, -0.2) is 9.97 Å². The molecule has 0 saturated heterocycles. The summed E-state index contributed by atoms with van der Waals surface area (Å²) in [7, 11) is 0. The number of fused-ring (bicyclic) bond motifs is 1. The molecule has 0 radical (unpaired) electrons. The summed E-state index contributed by atoms with van der Waals surface area (Å²) < 4.78 is 38.1. The highest BCUT2D eigenvalue weighted by Crippen LogP contribution is 2.28. The maximum Gasteiger partial charge on any atom is 0.433 e. The van der Waals surface area contributed by atoms with Gasteiger partial charge in [0.2, 0.25) is 0 Å². The molecular formula is C23H18ClF3N4. The summed E-state index contributed by atoms with van der Waals surface area (Å²) in [4.78, 5) is 12.8. The van der Waals surface area contributed by atoms with Crippen LogP contribution >= 0.6 is 11.6 Å². The van der Waals surface area contributed by atoms with Crippen molar-refractivity contribution in [1.82, 2.24) is 15.0 Å². The summed E-state index contributed by atoms with van der Waals surface area (Å²) >= 11 is 6.15. The molecule has 0 fully saturated rings. The van der Waals surface area contributed by atoms with Gasteiger partial charge in [0.25, 0.3) is 0 Å². The van der Waals surface area contributed by atoms with Crippen LogP contribution < -0.4 is 5.32 Å². The lowest BCUT2D eigenvalue weighted by molar-refractivity contribution is -0.141. The second-order valence-corrected chi connectivity index (χ2v) is 7.47. The molecule has 0 aliphatic carbocycles. The fourth-order valence-electron chi connectivity index (χ4n) is 3.18. The molecule has 0 aliphatic rings. The van der Waals surface area contributed by atoms with Crippen molar-refractivity contribution >= 4 is 28.3 Å². The molecule has 31 heavy (non-hydrogen) atoms. The monoisotopic (exact) mass is 442 g/mol. The van der Waals surface area contributed by atoms with Gasteiger partial charge >= 0.3 is 6.18 Å². The lowest BCUT2D eigenvalue weighted by Crippen LogP contribution is -2.09. The van der Waals surface area contributed by atoms with Gasteiger partial charge in [-0.15, -0.1) is 0 Å². The van der Waals surface area contributed by atoms with Crippen molar-refractivity contribution in [1.29, 1.82) is 0 Å². The lowest BCUT2D eigenvalue weighted by atomic mass is 10.1. The van der Waals surface area contributed by atoms with Crippen molar-refractivity contribution in [3.63, 3.8) is 0 Å². The van der Waals surface area contributed by atoms with Gasteiger partial charge in [-0.05, 0) is 41.8 Å². The van der Waals surface area contributed by atoms with E-state index >= 15 is 0 Å². The molecule has 1 N–H and O–H groups in total. The predicted molar refractivity (Wildman–Crippen MR) is 115 cm³/mol. The maximum atomic E-state index is 12.7. The molecule has 0 saturated carbocycles. The number of benzene rings is 2. The van der Waals surface area contributed by atoms with E-state index in [1.807, 2.05) is 24.3 Å². The number of hydrogen-bond acceptors (Lipinski definition) is 4. The Kier molecular flexibility index (Phi) is 6.04. The van der Waals surface area contributed by atoms with E-state index in [1.165, 1.54) is 17.8 Å². The van der Waals surface area contributed by atoms with Gasteiger partial charge in [-0.2, -0.15) is 13.2 Å². The third-order valence-electron chi connectivity index (χ3n) is 4.76. The average Bonchev–Trinajstić information content (AvgIpc) is 2.76. The van der Waals surface area contributed by atoms with Crippen LogP contribution in [0.15, 0.2) is 66.9 Å². The number of alkyl halides is 3. The molecular weight excluding hydrogens is 425 g/mol. The fraction of sp³-hybridized carbons (Fsp3) is 0.174. The van der Waals surface area contributed by atoms with E-state index in [2.05, 4.69) is 32.4 Å². The van der Waals surface area contributed by atoms with Gasteiger partial charge in [-0.1, -0.05) is 48.0 Å². The number of nitrogens with zero attached hydrogens (tertiary/aromatic N) is 3. The Morgan fingerprint density at radius 2 is 1.68 bits per heavy atom. The SMILES string of the molecule is FC(F)(F)c1ccc(CNc2nc(CCc3ccccc3)nc3ccc(Cl)cc23)cn1. The number of nitrogens with one attached hydrogen (secondary N) is 1. The first kappa shape index (κ1) is 21.1. The minimum atomic E-state index is -4.46. The zero-order valence-corrected chi connectivity index (χ0v) is 17.1. The molecule has 2 aromatic heterocycles. The molecule has 158 valence electrons. The van der Waals surface area contributed by atoms with Crippen LogP contribution in [0, 0.1) is 0 Å². The fourth-order valence-corrected chi connectivity index (χ4v) is 3.35.